The summed E-state index contributed by atoms with van der Waals surface area (Å²) in [4.78, 5) is 0. The van der Waals surface area contributed by atoms with Crippen LogP contribution in [0.15, 0.2) is 0 Å². The van der Waals surface area contributed by atoms with Crippen LogP contribution in [0, 0.1) is 0 Å². The molecule has 2 unspecified atom stereocenters. The van der Waals surface area contributed by atoms with Gasteiger partial charge in [-0.05, 0) is 32.6 Å². The number of hydrogen-bond acceptors (Lipinski definition) is 2. The molecule has 0 aromatic heterocycles. The highest BCUT2D eigenvalue weighted by atomic mass is 19.1. The van der Waals surface area contributed by atoms with Crippen LogP contribution in [0.1, 0.15) is 136 Å². The Kier molecular flexibility index (Phi) is 24.0. The molecule has 29 heavy (non-hydrogen) atoms. The summed E-state index contributed by atoms with van der Waals surface area (Å²) in [5.74, 6) is 0. The minimum absolute atomic E-state index is 0.284. The lowest BCUT2D eigenvalue weighted by molar-refractivity contribution is -0.0197. The van der Waals surface area contributed by atoms with Gasteiger partial charge in [-0.1, -0.05) is 104 Å². The first-order chi connectivity index (χ1) is 14.2. The monoisotopic (exact) mass is 416 g/mol. The number of hydrogen-bond donors (Lipinski definition) is 0. The molecule has 0 aliphatic carbocycles. The number of ether oxygens (including phenoxy) is 2. The van der Waals surface area contributed by atoms with Gasteiger partial charge in [0, 0.05) is 13.2 Å². The Morgan fingerprint density at radius 2 is 1.10 bits per heavy atom. The molecule has 0 aliphatic heterocycles. The second-order valence-electron chi connectivity index (χ2n) is 8.85. The van der Waals surface area contributed by atoms with Crippen LogP contribution in [0.2, 0.25) is 0 Å². The van der Waals surface area contributed by atoms with E-state index in [4.69, 9.17) is 9.47 Å². The minimum atomic E-state index is -0.614. The van der Waals surface area contributed by atoms with Crippen LogP contribution >= 0.6 is 0 Å². The highest BCUT2D eigenvalue weighted by Crippen LogP contribution is 2.14. The lowest BCUT2D eigenvalue weighted by atomic mass is 10.0. The van der Waals surface area contributed by atoms with Crippen molar-refractivity contribution in [3.05, 3.63) is 0 Å². The number of rotatable bonds is 24. The average molecular weight is 417 g/mol. The first-order valence-corrected chi connectivity index (χ1v) is 13.0. The van der Waals surface area contributed by atoms with Gasteiger partial charge in [0.2, 0.25) is 0 Å². The van der Waals surface area contributed by atoms with Crippen LogP contribution in [0.4, 0.5) is 4.39 Å². The molecule has 0 aromatic carbocycles. The average Bonchev–Trinajstić information content (AvgIpc) is 2.71. The third-order valence-corrected chi connectivity index (χ3v) is 5.75. The van der Waals surface area contributed by atoms with E-state index in [9.17, 15) is 4.39 Å². The quantitative estimate of drug-likeness (QED) is 0.146. The highest BCUT2D eigenvalue weighted by Gasteiger charge is 2.06. The largest absolute Gasteiger partial charge is 0.379 e. The van der Waals surface area contributed by atoms with Gasteiger partial charge in [-0.15, -0.1) is 0 Å². The van der Waals surface area contributed by atoms with Gasteiger partial charge in [-0.25, -0.2) is 4.39 Å². The Labute approximate surface area is 182 Å². The second kappa shape index (κ2) is 24.1. The Morgan fingerprint density at radius 3 is 1.55 bits per heavy atom. The molecule has 176 valence electrons. The summed E-state index contributed by atoms with van der Waals surface area (Å²) in [6.45, 7) is 8.57. The van der Waals surface area contributed by atoms with Gasteiger partial charge in [-0.3, -0.25) is 0 Å². The van der Waals surface area contributed by atoms with E-state index in [0.717, 1.165) is 45.5 Å². The fourth-order valence-electron chi connectivity index (χ4n) is 3.64. The topological polar surface area (TPSA) is 18.5 Å². The Morgan fingerprint density at radius 1 is 0.621 bits per heavy atom. The van der Waals surface area contributed by atoms with Gasteiger partial charge in [-0.2, -0.15) is 0 Å². The predicted octanol–water partition coefficient (Wildman–Crippen LogP) is 8.81. The Bertz CT molecular complexity index is 296. The van der Waals surface area contributed by atoms with Gasteiger partial charge in [0.25, 0.3) is 0 Å². The van der Waals surface area contributed by atoms with E-state index in [1.807, 2.05) is 0 Å². The van der Waals surface area contributed by atoms with Gasteiger partial charge in [0.1, 0.15) is 0 Å². The molecule has 0 amide bonds. The van der Waals surface area contributed by atoms with Crippen LogP contribution in [-0.4, -0.2) is 32.1 Å². The van der Waals surface area contributed by atoms with Crippen LogP contribution in [0.5, 0.6) is 0 Å². The zero-order valence-electron chi connectivity index (χ0n) is 20.2. The first kappa shape index (κ1) is 28.9. The third-order valence-electron chi connectivity index (χ3n) is 5.75. The van der Waals surface area contributed by atoms with Crippen molar-refractivity contribution in [2.45, 2.75) is 149 Å². The molecule has 0 N–H and O–H groups in total. The zero-order chi connectivity index (χ0) is 21.4. The fraction of sp³-hybridized carbons (Fsp3) is 1.00. The van der Waals surface area contributed by atoms with Crippen molar-refractivity contribution in [3.63, 3.8) is 0 Å². The maximum atomic E-state index is 12.7. The molecule has 2 atom stereocenters. The van der Waals surface area contributed by atoms with E-state index in [1.165, 1.54) is 89.9 Å². The summed E-state index contributed by atoms with van der Waals surface area (Å²) in [6, 6.07) is 0. The molecule has 0 fully saturated rings. The van der Waals surface area contributed by atoms with Crippen molar-refractivity contribution in [3.8, 4) is 0 Å². The van der Waals surface area contributed by atoms with Crippen molar-refractivity contribution < 1.29 is 13.9 Å². The summed E-state index contributed by atoms with van der Waals surface area (Å²) in [5.41, 5.74) is 0. The van der Waals surface area contributed by atoms with Crippen molar-refractivity contribution >= 4 is 0 Å². The molecule has 0 rings (SSSR count). The molecule has 0 heterocycles. The first-order valence-electron chi connectivity index (χ1n) is 13.0. The van der Waals surface area contributed by atoms with E-state index in [2.05, 4.69) is 13.8 Å². The molecule has 0 spiro atoms. The number of halogens is 1. The smallest absolute Gasteiger partial charge is 0.0973 e. The van der Waals surface area contributed by atoms with E-state index in [1.54, 1.807) is 6.92 Å². The summed E-state index contributed by atoms with van der Waals surface area (Å²) >= 11 is 0. The summed E-state index contributed by atoms with van der Waals surface area (Å²) in [7, 11) is 0. The maximum absolute atomic E-state index is 12.7. The highest BCUT2D eigenvalue weighted by molar-refractivity contribution is 4.54. The molecule has 0 bridgehead atoms. The maximum Gasteiger partial charge on any atom is 0.0973 e. The Hall–Kier alpha value is -0.150. The molecular formula is C26H53FO2. The summed E-state index contributed by atoms with van der Waals surface area (Å²) in [5, 5.41) is 0. The van der Waals surface area contributed by atoms with Crippen LogP contribution in [0.3, 0.4) is 0 Å². The predicted molar refractivity (Wildman–Crippen MR) is 126 cm³/mol. The van der Waals surface area contributed by atoms with Gasteiger partial charge in [0.05, 0.1) is 18.9 Å². The minimum Gasteiger partial charge on any atom is -0.379 e. The standard InChI is InChI=1S/C26H53FO2/c1-4-6-23-29-26(5-2)24-28-22-20-18-16-14-12-10-8-7-9-11-13-15-17-19-21-25(3)27/h25-26H,4-24H2,1-3H3. The van der Waals surface area contributed by atoms with Gasteiger partial charge >= 0.3 is 0 Å². The van der Waals surface area contributed by atoms with Crippen LogP contribution in [0.25, 0.3) is 0 Å². The molecule has 2 nitrogen and oxygen atoms in total. The van der Waals surface area contributed by atoms with Crippen LogP contribution in [-0.2, 0) is 9.47 Å². The van der Waals surface area contributed by atoms with E-state index >= 15 is 0 Å². The van der Waals surface area contributed by atoms with Crippen molar-refractivity contribution in [2.75, 3.05) is 19.8 Å². The van der Waals surface area contributed by atoms with E-state index in [0.29, 0.717) is 0 Å². The van der Waals surface area contributed by atoms with Crippen LogP contribution < -0.4 is 0 Å². The second-order valence-corrected chi connectivity index (χ2v) is 8.85. The molecule has 0 saturated heterocycles. The normalized spacial score (nSPS) is 13.7. The molecular weight excluding hydrogens is 363 g/mol. The molecule has 0 aromatic rings. The molecule has 0 saturated carbocycles. The van der Waals surface area contributed by atoms with Crippen molar-refractivity contribution in [1.29, 1.82) is 0 Å². The number of unbranched alkanes of at least 4 members (excludes halogenated alkanes) is 14. The van der Waals surface area contributed by atoms with Gasteiger partial charge in [0.15, 0.2) is 0 Å². The lowest BCUT2D eigenvalue weighted by Crippen LogP contribution is -2.20. The molecule has 3 heteroatoms. The third kappa shape index (κ3) is 24.0. The van der Waals surface area contributed by atoms with Crippen molar-refractivity contribution in [1.82, 2.24) is 0 Å². The van der Waals surface area contributed by atoms with E-state index < -0.39 is 6.17 Å². The number of alkyl halides is 1. The molecule has 0 radical (unpaired) electrons. The zero-order valence-corrected chi connectivity index (χ0v) is 20.2. The summed E-state index contributed by atoms with van der Waals surface area (Å²) in [6.07, 6.45) is 22.3. The molecule has 0 aliphatic rings. The van der Waals surface area contributed by atoms with E-state index in [-0.39, 0.29) is 6.10 Å². The van der Waals surface area contributed by atoms with Crippen molar-refractivity contribution in [2.24, 2.45) is 0 Å². The Balaban J connectivity index is 3.14. The fourth-order valence-corrected chi connectivity index (χ4v) is 3.64. The lowest BCUT2D eigenvalue weighted by Gasteiger charge is -2.16. The SMILES string of the molecule is CCCCOC(CC)COCCCCCCCCCCCCCCCCC(C)F. The van der Waals surface area contributed by atoms with Gasteiger partial charge < -0.3 is 9.47 Å². The summed E-state index contributed by atoms with van der Waals surface area (Å²) < 4.78 is 24.3.